The summed E-state index contributed by atoms with van der Waals surface area (Å²) in [6.07, 6.45) is 0. The van der Waals surface area contributed by atoms with Crippen molar-refractivity contribution in [2.24, 2.45) is 0 Å². The molecule has 33 heavy (non-hydrogen) atoms. The van der Waals surface area contributed by atoms with Crippen LogP contribution < -0.4 is 10.4 Å². The molecule has 164 valence electrons. The Bertz CT molecular complexity index is 1510. The summed E-state index contributed by atoms with van der Waals surface area (Å²) in [5.74, 6) is -0.0661. The van der Waals surface area contributed by atoms with Crippen LogP contribution in [0.5, 0.6) is 5.75 Å². The number of halogens is 2. The Balaban J connectivity index is 1.72. The molecule has 0 bridgehead atoms. The van der Waals surface area contributed by atoms with Crippen LogP contribution >= 0.6 is 0 Å². The van der Waals surface area contributed by atoms with Gasteiger partial charge in [-0.15, -0.1) is 15.3 Å². The Kier molecular flexibility index (Phi) is 5.14. The molecule has 7 nitrogen and oxygen atoms in total. The Morgan fingerprint density at radius 3 is 2.21 bits per heavy atom. The summed E-state index contributed by atoms with van der Waals surface area (Å²) in [4.78, 5) is 13.4. The van der Waals surface area contributed by atoms with Gasteiger partial charge in [-0.25, -0.2) is 22.7 Å². The Morgan fingerprint density at radius 1 is 0.879 bits per heavy atom. The summed E-state index contributed by atoms with van der Waals surface area (Å²) in [5.41, 5.74) is 2.20. The van der Waals surface area contributed by atoms with E-state index in [1.165, 1.54) is 33.3 Å². The molecule has 0 radical (unpaired) electrons. The molecular weight excluding hydrogens is 428 g/mol. The first-order chi connectivity index (χ1) is 16.0. The van der Waals surface area contributed by atoms with Gasteiger partial charge in [0.25, 0.3) is 5.78 Å². The predicted molar refractivity (Wildman–Crippen MR) is 118 cm³/mol. The second-order valence-corrected chi connectivity index (χ2v) is 7.34. The maximum Gasteiger partial charge on any atom is 0.352 e. The van der Waals surface area contributed by atoms with Crippen molar-refractivity contribution in [1.82, 2.24) is 24.4 Å². The van der Waals surface area contributed by atoms with Crippen molar-refractivity contribution < 1.29 is 13.5 Å². The number of hydrogen-bond donors (Lipinski definition) is 0. The van der Waals surface area contributed by atoms with Gasteiger partial charge < -0.3 is 4.74 Å². The third kappa shape index (κ3) is 3.84. The number of nitrogens with zero attached hydrogens (tertiary/aromatic N) is 5. The molecule has 0 aliphatic rings. The van der Waals surface area contributed by atoms with Crippen LogP contribution in [0.1, 0.15) is 5.56 Å². The molecule has 0 saturated heterocycles. The number of hydrogen-bond acceptors (Lipinski definition) is 5. The van der Waals surface area contributed by atoms with Gasteiger partial charge in [0.2, 0.25) is 0 Å². The lowest BCUT2D eigenvalue weighted by molar-refractivity contribution is 0.414. The average molecular weight is 445 g/mol. The average Bonchev–Trinajstić information content (AvgIpc) is 3.15. The number of rotatable bonds is 5. The largest absolute Gasteiger partial charge is 0.497 e. The highest BCUT2D eigenvalue weighted by Crippen LogP contribution is 2.30. The Morgan fingerprint density at radius 2 is 1.55 bits per heavy atom. The fraction of sp³-hybridized carbons (Fsp3) is 0.0833. The van der Waals surface area contributed by atoms with Crippen molar-refractivity contribution in [2.75, 3.05) is 7.11 Å². The van der Waals surface area contributed by atoms with E-state index in [1.807, 2.05) is 24.3 Å². The highest BCUT2D eigenvalue weighted by molar-refractivity contribution is 5.78. The smallest absolute Gasteiger partial charge is 0.352 e. The highest BCUT2D eigenvalue weighted by atomic mass is 19.1. The van der Waals surface area contributed by atoms with Crippen LogP contribution in [0, 0.1) is 11.6 Å². The number of fused-ring (bicyclic) bond motifs is 1. The summed E-state index contributed by atoms with van der Waals surface area (Å²) in [5, 5.41) is 12.7. The molecule has 0 atom stereocenters. The second kappa shape index (κ2) is 8.27. The first-order valence-electron chi connectivity index (χ1n) is 10.0. The summed E-state index contributed by atoms with van der Waals surface area (Å²) in [6, 6.07) is 18.7. The molecule has 0 aliphatic carbocycles. The molecule has 2 aromatic heterocycles. The third-order valence-corrected chi connectivity index (χ3v) is 5.21. The topological polar surface area (TPSA) is 74.3 Å². The zero-order valence-corrected chi connectivity index (χ0v) is 17.4. The molecule has 3 aromatic carbocycles. The van der Waals surface area contributed by atoms with Crippen molar-refractivity contribution in [1.29, 1.82) is 0 Å². The van der Waals surface area contributed by atoms with E-state index >= 15 is 0 Å². The minimum atomic E-state index is -0.439. The highest BCUT2D eigenvalue weighted by Gasteiger charge is 2.20. The van der Waals surface area contributed by atoms with Crippen LogP contribution in [-0.4, -0.2) is 31.5 Å². The van der Waals surface area contributed by atoms with E-state index < -0.39 is 17.3 Å². The zero-order chi connectivity index (χ0) is 22.9. The van der Waals surface area contributed by atoms with Gasteiger partial charge in [0.15, 0.2) is 0 Å². The fourth-order valence-electron chi connectivity index (χ4n) is 3.63. The molecule has 0 aliphatic heterocycles. The summed E-state index contributed by atoms with van der Waals surface area (Å²) in [6.45, 7) is 0.189. The van der Waals surface area contributed by atoms with E-state index in [2.05, 4.69) is 15.3 Å². The standard InChI is InChI=1S/C24H17F2N5O2/c1-33-20-4-2-3-15(13-20)14-30-24(32)31-22(17-7-11-19(26)12-8-17)21(27-28-23(31)29-30)16-5-9-18(25)10-6-16/h2-13H,14H2,1H3. The van der Waals surface area contributed by atoms with Crippen LogP contribution in [0.25, 0.3) is 28.3 Å². The molecule has 9 heteroatoms. The number of aromatic nitrogens is 5. The molecule has 0 saturated carbocycles. The van der Waals surface area contributed by atoms with Gasteiger partial charge in [-0.05, 0) is 66.2 Å². The van der Waals surface area contributed by atoms with Gasteiger partial charge in [0.1, 0.15) is 23.1 Å². The first-order valence-corrected chi connectivity index (χ1v) is 10.0. The predicted octanol–water partition coefficient (Wildman–Crippen LogP) is 3.96. The van der Waals surface area contributed by atoms with Crippen LogP contribution in [-0.2, 0) is 6.54 Å². The summed E-state index contributed by atoms with van der Waals surface area (Å²) >= 11 is 0. The van der Waals surface area contributed by atoms with E-state index in [-0.39, 0.29) is 12.3 Å². The molecule has 0 fully saturated rings. The normalized spacial score (nSPS) is 11.1. The van der Waals surface area contributed by atoms with E-state index in [9.17, 15) is 13.6 Å². The lowest BCUT2D eigenvalue weighted by Crippen LogP contribution is -2.23. The maximum absolute atomic E-state index is 13.6. The maximum atomic E-state index is 13.6. The van der Waals surface area contributed by atoms with Gasteiger partial charge in [-0.1, -0.05) is 12.1 Å². The lowest BCUT2D eigenvalue weighted by Gasteiger charge is -2.10. The Hall–Kier alpha value is -4.40. The lowest BCUT2D eigenvalue weighted by atomic mass is 10.0. The van der Waals surface area contributed by atoms with E-state index in [0.717, 1.165) is 5.56 Å². The van der Waals surface area contributed by atoms with Gasteiger partial charge in [0, 0.05) is 11.1 Å². The summed E-state index contributed by atoms with van der Waals surface area (Å²) in [7, 11) is 1.57. The van der Waals surface area contributed by atoms with Crippen molar-refractivity contribution in [3.63, 3.8) is 0 Å². The molecule has 5 rings (SSSR count). The minimum absolute atomic E-state index is 0.0908. The second-order valence-electron chi connectivity index (χ2n) is 7.34. The van der Waals surface area contributed by atoms with Crippen molar-refractivity contribution in [3.05, 3.63) is 100 Å². The minimum Gasteiger partial charge on any atom is -0.497 e. The number of methoxy groups -OCH3 is 1. The molecule has 0 N–H and O–H groups in total. The fourth-order valence-corrected chi connectivity index (χ4v) is 3.63. The molecule has 0 unspecified atom stereocenters. The van der Waals surface area contributed by atoms with Gasteiger partial charge in [0.05, 0.1) is 19.3 Å². The van der Waals surface area contributed by atoms with E-state index in [1.54, 1.807) is 31.4 Å². The summed E-state index contributed by atoms with van der Waals surface area (Å²) < 4.78 is 35.0. The Labute approximate surface area is 186 Å². The van der Waals surface area contributed by atoms with Crippen LogP contribution in [0.15, 0.2) is 77.6 Å². The molecule has 2 heterocycles. The van der Waals surface area contributed by atoms with Gasteiger partial charge in [-0.3, -0.25) is 0 Å². The zero-order valence-electron chi connectivity index (χ0n) is 17.4. The van der Waals surface area contributed by atoms with E-state index in [4.69, 9.17) is 4.74 Å². The third-order valence-electron chi connectivity index (χ3n) is 5.21. The van der Waals surface area contributed by atoms with Crippen molar-refractivity contribution in [2.45, 2.75) is 6.54 Å². The quantitative estimate of drug-likeness (QED) is 0.410. The number of ether oxygens (including phenoxy) is 1. The number of benzene rings is 3. The SMILES string of the molecule is COc1cccc(Cn2nc3nnc(-c4ccc(F)cc4)c(-c4ccc(F)cc4)n3c2=O)c1. The van der Waals surface area contributed by atoms with Crippen LogP contribution in [0.3, 0.4) is 0 Å². The van der Waals surface area contributed by atoms with Gasteiger partial charge >= 0.3 is 5.69 Å². The van der Waals surface area contributed by atoms with Crippen molar-refractivity contribution >= 4 is 5.78 Å². The molecular formula is C24H17F2N5O2. The molecule has 0 amide bonds. The monoisotopic (exact) mass is 445 g/mol. The molecule has 0 spiro atoms. The van der Waals surface area contributed by atoms with E-state index in [0.29, 0.717) is 28.3 Å². The first kappa shape index (κ1) is 20.5. The van der Waals surface area contributed by atoms with Crippen LogP contribution in [0.2, 0.25) is 0 Å². The van der Waals surface area contributed by atoms with Crippen LogP contribution in [0.4, 0.5) is 8.78 Å². The molecule has 5 aromatic rings. The van der Waals surface area contributed by atoms with Crippen molar-refractivity contribution in [3.8, 4) is 28.3 Å². The van der Waals surface area contributed by atoms with Gasteiger partial charge in [-0.2, -0.15) is 0 Å².